The highest BCUT2D eigenvalue weighted by Crippen LogP contribution is 2.36. The van der Waals surface area contributed by atoms with E-state index in [1.165, 1.54) is 34.9 Å². The SMILES string of the molecule is CCOC(=O)c1c(-c2ccccc2)csc1NC(=O)c1nc(SCc2ccccc2C)ncc1Cl. The molecule has 0 spiro atoms. The lowest BCUT2D eigenvalue weighted by molar-refractivity contribution is 0.0529. The summed E-state index contributed by atoms with van der Waals surface area (Å²) >= 11 is 8.93. The molecule has 1 N–H and O–H groups in total. The number of nitrogens with zero attached hydrogens (tertiary/aromatic N) is 2. The summed E-state index contributed by atoms with van der Waals surface area (Å²) in [7, 11) is 0. The summed E-state index contributed by atoms with van der Waals surface area (Å²) in [6, 6.07) is 17.5. The molecule has 0 fully saturated rings. The first-order valence-corrected chi connectivity index (χ1v) is 13.1. The lowest BCUT2D eigenvalue weighted by atomic mass is 10.0. The van der Waals surface area contributed by atoms with E-state index >= 15 is 0 Å². The average molecular weight is 524 g/mol. The molecule has 2 aromatic heterocycles. The Morgan fingerprint density at radius 2 is 1.86 bits per heavy atom. The second-order valence-electron chi connectivity index (χ2n) is 7.46. The Bertz CT molecular complexity index is 1360. The van der Waals surface area contributed by atoms with Gasteiger partial charge in [-0.15, -0.1) is 11.3 Å². The number of rotatable bonds is 8. The normalized spacial score (nSPS) is 10.7. The fourth-order valence-corrected chi connectivity index (χ4v) is 5.36. The predicted octanol–water partition coefficient (Wildman–Crippen LogP) is 6.89. The fourth-order valence-electron chi connectivity index (χ4n) is 3.34. The van der Waals surface area contributed by atoms with Crippen molar-refractivity contribution in [1.82, 2.24) is 9.97 Å². The maximum Gasteiger partial charge on any atom is 0.341 e. The first-order chi connectivity index (χ1) is 17.0. The number of carbonyl (C=O) groups is 2. The first-order valence-electron chi connectivity index (χ1n) is 10.8. The van der Waals surface area contributed by atoms with Gasteiger partial charge in [-0.25, -0.2) is 14.8 Å². The highest BCUT2D eigenvalue weighted by Gasteiger charge is 2.24. The summed E-state index contributed by atoms with van der Waals surface area (Å²) in [5.41, 5.74) is 4.21. The fraction of sp³-hybridized carbons (Fsp3) is 0.154. The van der Waals surface area contributed by atoms with Gasteiger partial charge in [-0.05, 0) is 30.5 Å². The summed E-state index contributed by atoms with van der Waals surface area (Å²) < 4.78 is 5.26. The van der Waals surface area contributed by atoms with Crippen molar-refractivity contribution >= 4 is 51.6 Å². The third kappa shape index (κ3) is 5.90. The first kappa shape index (κ1) is 24.9. The quantitative estimate of drug-likeness (QED) is 0.154. The van der Waals surface area contributed by atoms with Crippen molar-refractivity contribution in [3.05, 3.63) is 93.6 Å². The number of halogens is 1. The molecule has 2 aromatic carbocycles. The zero-order valence-corrected chi connectivity index (χ0v) is 21.5. The zero-order chi connectivity index (χ0) is 24.8. The number of benzene rings is 2. The maximum absolute atomic E-state index is 13.2. The van der Waals surface area contributed by atoms with Crippen molar-refractivity contribution < 1.29 is 14.3 Å². The second-order valence-corrected chi connectivity index (χ2v) is 9.69. The van der Waals surface area contributed by atoms with Gasteiger partial charge in [0.2, 0.25) is 0 Å². The average Bonchev–Trinajstić information content (AvgIpc) is 3.28. The monoisotopic (exact) mass is 523 g/mol. The third-order valence-electron chi connectivity index (χ3n) is 5.14. The van der Waals surface area contributed by atoms with Crippen LogP contribution in [0.1, 0.15) is 38.9 Å². The topological polar surface area (TPSA) is 81.2 Å². The third-order valence-corrected chi connectivity index (χ3v) is 7.22. The van der Waals surface area contributed by atoms with Crippen LogP contribution in [0.2, 0.25) is 5.02 Å². The molecule has 1 amide bonds. The summed E-state index contributed by atoms with van der Waals surface area (Å²) in [5.74, 6) is -0.374. The van der Waals surface area contributed by atoms with E-state index in [0.717, 1.165) is 11.1 Å². The van der Waals surface area contributed by atoms with E-state index in [-0.39, 0.29) is 17.3 Å². The Balaban J connectivity index is 1.59. The smallest absolute Gasteiger partial charge is 0.341 e. The maximum atomic E-state index is 13.2. The van der Waals surface area contributed by atoms with Crippen molar-refractivity contribution in [1.29, 1.82) is 0 Å². The summed E-state index contributed by atoms with van der Waals surface area (Å²) in [6.45, 7) is 4.00. The number of aryl methyl sites for hydroxylation is 1. The molecule has 4 rings (SSSR count). The van der Waals surface area contributed by atoms with Crippen molar-refractivity contribution in [2.45, 2.75) is 24.8 Å². The minimum absolute atomic E-state index is 0.0402. The Kier molecular flexibility index (Phi) is 8.17. The number of thiophene rings is 1. The van der Waals surface area contributed by atoms with Crippen molar-refractivity contribution in [3.8, 4) is 11.1 Å². The number of ether oxygens (including phenoxy) is 1. The molecular weight excluding hydrogens is 502 g/mol. The summed E-state index contributed by atoms with van der Waals surface area (Å²) in [4.78, 5) is 34.6. The van der Waals surface area contributed by atoms with Gasteiger partial charge in [0.25, 0.3) is 5.91 Å². The van der Waals surface area contributed by atoms with E-state index in [4.69, 9.17) is 16.3 Å². The molecule has 0 aliphatic rings. The van der Waals surface area contributed by atoms with E-state index < -0.39 is 11.9 Å². The van der Waals surface area contributed by atoms with Gasteiger partial charge in [0.15, 0.2) is 10.9 Å². The molecule has 0 radical (unpaired) electrons. The van der Waals surface area contributed by atoms with Gasteiger partial charge < -0.3 is 10.1 Å². The van der Waals surface area contributed by atoms with Crippen LogP contribution in [0.5, 0.6) is 0 Å². The molecule has 178 valence electrons. The summed E-state index contributed by atoms with van der Waals surface area (Å²) in [6.07, 6.45) is 1.42. The second kappa shape index (κ2) is 11.5. The number of hydrogen-bond acceptors (Lipinski definition) is 7. The van der Waals surface area contributed by atoms with Crippen LogP contribution in [0, 0.1) is 6.92 Å². The number of esters is 1. The minimum Gasteiger partial charge on any atom is -0.462 e. The van der Waals surface area contributed by atoms with Crippen LogP contribution in [0.4, 0.5) is 5.00 Å². The zero-order valence-electron chi connectivity index (χ0n) is 19.1. The molecule has 0 bridgehead atoms. The Labute approximate surface area is 216 Å². The number of thioether (sulfide) groups is 1. The van der Waals surface area contributed by atoms with E-state index in [9.17, 15) is 9.59 Å². The number of hydrogen-bond donors (Lipinski definition) is 1. The van der Waals surface area contributed by atoms with Crippen molar-refractivity contribution in [2.24, 2.45) is 0 Å². The van der Waals surface area contributed by atoms with Crippen LogP contribution >= 0.6 is 34.7 Å². The largest absolute Gasteiger partial charge is 0.462 e. The van der Waals surface area contributed by atoms with E-state index in [1.54, 1.807) is 6.92 Å². The molecular formula is C26H22ClN3O3S2. The number of amides is 1. The number of nitrogens with one attached hydrogen (secondary N) is 1. The molecule has 35 heavy (non-hydrogen) atoms. The van der Waals surface area contributed by atoms with E-state index in [0.29, 0.717) is 27.0 Å². The van der Waals surface area contributed by atoms with Crippen LogP contribution < -0.4 is 5.32 Å². The minimum atomic E-state index is -0.526. The molecule has 6 nitrogen and oxygen atoms in total. The standard InChI is InChI=1S/C26H22ClN3O3S2/c1-3-33-25(32)21-19(17-10-5-4-6-11-17)15-34-24(21)30-23(31)22-20(27)13-28-26(29-22)35-14-18-12-8-7-9-16(18)2/h4-13,15H,3,14H2,1-2H3,(H,30,31). The van der Waals surface area contributed by atoms with E-state index in [2.05, 4.69) is 15.3 Å². The molecule has 0 unspecified atom stereocenters. The molecule has 9 heteroatoms. The van der Waals surface area contributed by atoms with Gasteiger partial charge in [0.1, 0.15) is 10.6 Å². The van der Waals surface area contributed by atoms with Crippen LogP contribution in [-0.4, -0.2) is 28.5 Å². The highest BCUT2D eigenvalue weighted by atomic mass is 35.5. The lowest BCUT2D eigenvalue weighted by Crippen LogP contribution is -2.17. The number of aromatic nitrogens is 2. The molecule has 0 aliphatic heterocycles. The Hall–Kier alpha value is -3.20. The number of anilines is 1. The molecule has 4 aromatic rings. The molecule has 0 aliphatic carbocycles. The molecule has 0 saturated heterocycles. The van der Waals surface area contributed by atoms with Gasteiger partial charge in [-0.1, -0.05) is 78.0 Å². The van der Waals surface area contributed by atoms with Crippen molar-refractivity contribution in [2.75, 3.05) is 11.9 Å². The van der Waals surface area contributed by atoms with Gasteiger partial charge in [-0.2, -0.15) is 0 Å². The molecule has 0 saturated carbocycles. The van der Waals surface area contributed by atoms with Crippen molar-refractivity contribution in [3.63, 3.8) is 0 Å². The van der Waals surface area contributed by atoms with Gasteiger partial charge in [-0.3, -0.25) is 4.79 Å². The molecule has 2 heterocycles. The van der Waals surface area contributed by atoms with E-state index in [1.807, 2.05) is 66.9 Å². The predicted molar refractivity (Wildman–Crippen MR) is 141 cm³/mol. The highest BCUT2D eigenvalue weighted by molar-refractivity contribution is 7.98. The lowest BCUT2D eigenvalue weighted by Gasteiger charge is -2.10. The summed E-state index contributed by atoms with van der Waals surface area (Å²) in [5, 5.41) is 5.56. The number of carbonyl (C=O) groups excluding carboxylic acids is 2. The van der Waals surface area contributed by atoms with Crippen LogP contribution in [-0.2, 0) is 10.5 Å². The van der Waals surface area contributed by atoms with Gasteiger partial charge in [0.05, 0.1) is 17.8 Å². The van der Waals surface area contributed by atoms with Crippen LogP contribution in [0.15, 0.2) is 71.3 Å². The van der Waals surface area contributed by atoms with Crippen LogP contribution in [0.3, 0.4) is 0 Å². The van der Waals surface area contributed by atoms with Crippen LogP contribution in [0.25, 0.3) is 11.1 Å². The van der Waals surface area contributed by atoms with Gasteiger partial charge >= 0.3 is 5.97 Å². The Morgan fingerprint density at radius 1 is 1.11 bits per heavy atom. The Morgan fingerprint density at radius 3 is 2.60 bits per heavy atom. The molecule has 0 atom stereocenters. The van der Waals surface area contributed by atoms with Gasteiger partial charge in [0, 0.05) is 16.7 Å².